The van der Waals surface area contributed by atoms with Crippen molar-refractivity contribution < 1.29 is 19.4 Å². The number of aromatic amines is 1. The van der Waals surface area contributed by atoms with E-state index >= 15 is 0 Å². The van der Waals surface area contributed by atoms with Gasteiger partial charge in [0.15, 0.2) is 0 Å². The van der Waals surface area contributed by atoms with Crippen molar-refractivity contribution in [2.75, 3.05) is 26.3 Å². The number of nitrogens with zero attached hydrogens (tertiary/aromatic N) is 3. The lowest BCUT2D eigenvalue weighted by molar-refractivity contribution is -0.133. The highest BCUT2D eigenvalue weighted by molar-refractivity contribution is 5.85. The number of carboxylic acid groups (broad SMARTS) is 1. The van der Waals surface area contributed by atoms with Crippen molar-refractivity contribution in [2.24, 2.45) is 5.92 Å². The lowest BCUT2D eigenvalue weighted by Crippen LogP contribution is -2.38. The topological polar surface area (TPSA) is 98.8 Å². The molecule has 0 radical (unpaired) electrons. The van der Waals surface area contributed by atoms with Gasteiger partial charge in [0.25, 0.3) is 0 Å². The Labute approximate surface area is 216 Å². The standard InChI is InChI=1S/C29H34N4O4/c1-18-15-30-28-23(18)14-22(16-31-28)21-12-20-4-8-32(27(34)11-19-5-9-37-10-6-19)17-25(20)24(13-21)26-3-2-7-33(26)29(35)36/h12-16,19,26H,2-11,17H2,1H3,(H,30,31)(H,35,36). The molecule has 3 aromatic rings. The molecule has 6 rings (SSSR count). The van der Waals surface area contributed by atoms with Crippen LogP contribution in [0.15, 0.2) is 30.6 Å². The number of likely N-dealkylation sites (tertiary alicyclic amines) is 1. The maximum atomic E-state index is 13.3. The molecular formula is C29H34N4O4. The van der Waals surface area contributed by atoms with E-state index in [1.807, 2.05) is 17.3 Å². The quantitative estimate of drug-likeness (QED) is 0.520. The minimum absolute atomic E-state index is 0.192. The van der Waals surface area contributed by atoms with E-state index in [-0.39, 0.29) is 11.9 Å². The Morgan fingerprint density at radius 1 is 1.14 bits per heavy atom. The van der Waals surface area contributed by atoms with Crippen LogP contribution in [0.2, 0.25) is 0 Å². The van der Waals surface area contributed by atoms with Gasteiger partial charge in [-0.2, -0.15) is 0 Å². The summed E-state index contributed by atoms with van der Waals surface area (Å²) in [7, 11) is 0. The number of carbonyl (C=O) groups excluding carboxylic acids is 1. The summed E-state index contributed by atoms with van der Waals surface area (Å²) in [5.74, 6) is 0.591. The average Bonchev–Trinajstić information content (AvgIpc) is 3.55. The van der Waals surface area contributed by atoms with Crippen molar-refractivity contribution in [3.63, 3.8) is 0 Å². The molecule has 5 heterocycles. The zero-order valence-electron chi connectivity index (χ0n) is 21.3. The number of benzene rings is 1. The Balaban J connectivity index is 1.36. The first-order chi connectivity index (χ1) is 18.0. The molecule has 0 spiro atoms. The Hall–Kier alpha value is -3.39. The van der Waals surface area contributed by atoms with Crippen LogP contribution in [0.3, 0.4) is 0 Å². The first kappa shape index (κ1) is 24.0. The summed E-state index contributed by atoms with van der Waals surface area (Å²) in [5, 5.41) is 11.0. The predicted molar refractivity (Wildman–Crippen MR) is 140 cm³/mol. The van der Waals surface area contributed by atoms with E-state index in [0.29, 0.717) is 32.0 Å². The molecule has 2 amide bonds. The summed E-state index contributed by atoms with van der Waals surface area (Å²) >= 11 is 0. The number of carbonyl (C=O) groups is 2. The highest BCUT2D eigenvalue weighted by Crippen LogP contribution is 2.40. The van der Waals surface area contributed by atoms with Crippen LogP contribution in [0.25, 0.3) is 22.2 Å². The average molecular weight is 503 g/mol. The molecule has 1 atom stereocenters. The fourth-order valence-corrected chi connectivity index (χ4v) is 6.31. The van der Waals surface area contributed by atoms with Crippen molar-refractivity contribution in [3.8, 4) is 11.1 Å². The van der Waals surface area contributed by atoms with Crippen LogP contribution in [0, 0.1) is 12.8 Å². The second-order valence-corrected chi connectivity index (χ2v) is 10.8. The number of aromatic nitrogens is 2. The minimum atomic E-state index is -0.879. The number of aryl methyl sites for hydroxylation is 1. The fourth-order valence-electron chi connectivity index (χ4n) is 6.31. The van der Waals surface area contributed by atoms with Crippen molar-refractivity contribution in [2.45, 2.75) is 58.0 Å². The van der Waals surface area contributed by atoms with E-state index < -0.39 is 6.09 Å². The molecular weight excluding hydrogens is 468 g/mol. The number of nitrogens with one attached hydrogen (secondary N) is 1. The van der Waals surface area contributed by atoms with Crippen LogP contribution in [-0.4, -0.2) is 63.2 Å². The van der Waals surface area contributed by atoms with Gasteiger partial charge in [-0.05, 0) is 84.9 Å². The Bertz CT molecular complexity index is 1340. The molecule has 0 saturated carbocycles. The number of pyridine rings is 1. The van der Waals surface area contributed by atoms with Crippen LogP contribution >= 0.6 is 0 Å². The molecule has 194 valence electrons. The zero-order chi connectivity index (χ0) is 25.5. The van der Waals surface area contributed by atoms with Gasteiger partial charge < -0.3 is 24.6 Å². The summed E-state index contributed by atoms with van der Waals surface area (Å²) in [6.45, 7) is 5.33. The highest BCUT2D eigenvalue weighted by atomic mass is 16.5. The van der Waals surface area contributed by atoms with Crippen LogP contribution in [0.4, 0.5) is 4.79 Å². The second-order valence-electron chi connectivity index (χ2n) is 10.8. The van der Waals surface area contributed by atoms with Gasteiger partial charge in [-0.25, -0.2) is 9.78 Å². The van der Waals surface area contributed by atoms with E-state index in [2.05, 4.69) is 35.1 Å². The largest absolute Gasteiger partial charge is 0.465 e. The fraction of sp³-hybridized carbons (Fsp3) is 0.483. The van der Waals surface area contributed by atoms with Gasteiger partial charge in [-0.1, -0.05) is 6.07 Å². The van der Waals surface area contributed by atoms with Crippen molar-refractivity contribution in [1.82, 2.24) is 19.8 Å². The molecule has 2 N–H and O–H groups in total. The van der Waals surface area contributed by atoms with E-state index in [0.717, 1.165) is 84.2 Å². The lowest BCUT2D eigenvalue weighted by atomic mass is 9.86. The van der Waals surface area contributed by atoms with Gasteiger partial charge in [0.05, 0.1) is 6.04 Å². The Kier molecular flexibility index (Phi) is 6.36. The number of H-pyrrole nitrogens is 1. The first-order valence-corrected chi connectivity index (χ1v) is 13.4. The minimum Gasteiger partial charge on any atom is -0.465 e. The summed E-state index contributed by atoms with van der Waals surface area (Å²) in [5.41, 5.74) is 7.48. The van der Waals surface area contributed by atoms with E-state index in [1.165, 1.54) is 5.56 Å². The molecule has 2 fully saturated rings. The summed E-state index contributed by atoms with van der Waals surface area (Å²) in [4.78, 5) is 36.8. The molecule has 2 saturated heterocycles. The summed E-state index contributed by atoms with van der Waals surface area (Å²) in [6, 6.07) is 6.35. The van der Waals surface area contributed by atoms with Gasteiger partial charge in [0.1, 0.15) is 5.65 Å². The number of hydrogen-bond acceptors (Lipinski definition) is 4. The molecule has 0 aliphatic carbocycles. The molecule has 3 aliphatic heterocycles. The molecule has 1 aromatic carbocycles. The lowest BCUT2D eigenvalue weighted by Gasteiger charge is -2.34. The number of rotatable bonds is 4. The third-order valence-corrected chi connectivity index (χ3v) is 8.46. The van der Waals surface area contributed by atoms with Crippen LogP contribution in [-0.2, 0) is 22.5 Å². The second kappa shape index (κ2) is 9.82. The van der Waals surface area contributed by atoms with Crippen LogP contribution in [0.5, 0.6) is 0 Å². The molecule has 8 nitrogen and oxygen atoms in total. The molecule has 1 unspecified atom stereocenters. The number of fused-ring (bicyclic) bond motifs is 2. The zero-order valence-corrected chi connectivity index (χ0v) is 21.3. The van der Waals surface area contributed by atoms with Gasteiger partial charge in [0.2, 0.25) is 5.91 Å². The van der Waals surface area contributed by atoms with E-state index in [1.54, 1.807) is 4.90 Å². The Morgan fingerprint density at radius 3 is 2.78 bits per heavy atom. The van der Waals surface area contributed by atoms with Gasteiger partial charge in [-0.15, -0.1) is 0 Å². The number of ether oxygens (including phenoxy) is 1. The molecule has 8 heteroatoms. The summed E-state index contributed by atoms with van der Waals surface area (Å²) < 4.78 is 5.46. The first-order valence-electron chi connectivity index (χ1n) is 13.4. The van der Waals surface area contributed by atoms with Crippen molar-refractivity contribution >= 4 is 23.0 Å². The smallest absolute Gasteiger partial charge is 0.407 e. The third kappa shape index (κ3) is 4.59. The molecule has 3 aliphatic rings. The summed E-state index contributed by atoms with van der Waals surface area (Å²) in [6.07, 6.45) is 7.85. The SMILES string of the molecule is Cc1c[nH]c2ncc(-c3cc4c(c(C5CCCN5C(=O)O)c3)CN(C(=O)CC3CCOCC3)CC4)cc12. The molecule has 0 bridgehead atoms. The molecule has 2 aromatic heterocycles. The maximum Gasteiger partial charge on any atom is 0.407 e. The van der Waals surface area contributed by atoms with Gasteiger partial charge >= 0.3 is 6.09 Å². The normalized spacial score (nSPS) is 20.4. The molecule has 37 heavy (non-hydrogen) atoms. The highest BCUT2D eigenvalue weighted by Gasteiger charge is 2.34. The third-order valence-electron chi connectivity index (χ3n) is 8.46. The Morgan fingerprint density at radius 2 is 1.97 bits per heavy atom. The predicted octanol–water partition coefficient (Wildman–Crippen LogP) is 5.05. The van der Waals surface area contributed by atoms with Crippen LogP contribution in [0.1, 0.15) is 60.4 Å². The van der Waals surface area contributed by atoms with E-state index in [4.69, 9.17) is 4.74 Å². The van der Waals surface area contributed by atoms with Crippen molar-refractivity contribution in [3.05, 3.63) is 52.8 Å². The van der Waals surface area contributed by atoms with Crippen molar-refractivity contribution in [1.29, 1.82) is 0 Å². The van der Waals surface area contributed by atoms with Crippen LogP contribution < -0.4 is 0 Å². The number of amides is 2. The van der Waals surface area contributed by atoms with Gasteiger partial charge in [-0.3, -0.25) is 4.79 Å². The van der Waals surface area contributed by atoms with Gasteiger partial charge in [0, 0.05) is 62.6 Å². The maximum absolute atomic E-state index is 13.3. The van der Waals surface area contributed by atoms with E-state index in [9.17, 15) is 14.7 Å². The number of hydrogen-bond donors (Lipinski definition) is 2. The monoisotopic (exact) mass is 502 g/mol.